The molecule has 0 spiro atoms. The zero-order valence-electron chi connectivity index (χ0n) is 14.8. The Labute approximate surface area is 148 Å². The molecular weight excluding hydrogens is 310 g/mol. The van der Waals surface area contributed by atoms with Crippen LogP contribution in [-0.4, -0.2) is 28.0 Å². The van der Waals surface area contributed by atoms with Gasteiger partial charge in [0.1, 0.15) is 5.75 Å². The molecule has 0 unspecified atom stereocenters. The van der Waals surface area contributed by atoms with Crippen molar-refractivity contribution in [1.82, 2.24) is 14.9 Å². The van der Waals surface area contributed by atoms with Crippen molar-refractivity contribution in [3.8, 4) is 5.75 Å². The molecule has 1 heterocycles. The van der Waals surface area contributed by atoms with Crippen molar-refractivity contribution in [3.63, 3.8) is 0 Å². The third-order valence-electron chi connectivity index (χ3n) is 4.83. The Kier molecular flexibility index (Phi) is 4.36. The van der Waals surface area contributed by atoms with Gasteiger partial charge >= 0.3 is 0 Å². The van der Waals surface area contributed by atoms with Gasteiger partial charge in [-0.2, -0.15) is 0 Å². The van der Waals surface area contributed by atoms with Crippen molar-refractivity contribution >= 4 is 11.0 Å². The third kappa shape index (κ3) is 3.49. The highest BCUT2D eigenvalue weighted by atomic mass is 16.5. The molecule has 4 nitrogen and oxygen atoms in total. The Bertz CT molecular complexity index is 889. The number of hydrogen-bond acceptors (Lipinski definition) is 4. The number of rotatable bonds is 6. The molecule has 0 aliphatic heterocycles. The Hall–Kier alpha value is -2.46. The van der Waals surface area contributed by atoms with Crippen LogP contribution in [0.1, 0.15) is 29.8 Å². The van der Waals surface area contributed by atoms with Crippen LogP contribution in [0.4, 0.5) is 0 Å². The number of fused-ring (bicyclic) bond motifs is 1. The first kappa shape index (κ1) is 16.0. The van der Waals surface area contributed by atoms with Gasteiger partial charge in [0.2, 0.25) is 0 Å². The van der Waals surface area contributed by atoms with Crippen LogP contribution in [0.2, 0.25) is 0 Å². The van der Waals surface area contributed by atoms with Crippen molar-refractivity contribution in [1.29, 1.82) is 0 Å². The number of benzene rings is 2. The van der Waals surface area contributed by atoms with E-state index in [-0.39, 0.29) is 0 Å². The average Bonchev–Trinajstić information content (AvgIpc) is 3.47. The van der Waals surface area contributed by atoms with E-state index in [0.717, 1.165) is 41.3 Å². The van der Waals surface area contributed by atoms with E-state index in [1.54, 1.807) is 7.11 Å². The van der Waals surface area contributed by atoms with Crippen LogP contribution >= 0.6 is 0 Å². The lowest BCUT2D eigenvalue weighted by molar-refractivity contribution is 0.238. The normalized spacial score (nSPS) is 14.2. The number of para-hydroxylation sites is 3. The van der Waals surface area contributed by atoms with Gasteiger partial charge in [-0.25, -0.2) is 9.97 Å². The van der Waals surface area contributed by atoms with Crippen LogP contribution < -0.4 is 4.74 Å². The molecule has 1 fully saturated rings. The molecule has 0 N–H and O–H groups in total. The van der Waals surface area contributed by atoms with Gasteiger partial charge < -0.3 is 4.74 Å². The molecule has 0 amide bonds. The van der Waals surface area contributed by atoms with Gasteiger partial charge in [-0.05, 0) is 38.0 Å². The summed E-state index contributed by atoms with van der Waals surface area (Å²) >= 11 is 0. The molecule has 128 valence electrons. The van der Waals surface area contributed by atoms with E-state index in [0.29, 0.717) is 6.04 Å². The van der Waals surface area contributed by atoms with Gasteiger partial charge in [0.15, 0.2) is 0 Å². The first-order chi connectivity index (χ1) is 12.2. The lowest BCUT2D eigenvalue weighted by Gasteiger charge is -2.23. The molecule has 1 aliphatic carbocycles. The zero-order chi connectivity index (χ0) is 17.2. The van der Waals surface area contributed by atoms with E-state index in [4.69, 9.17) is 14.7 Å². The van der Waals surface area contributed by atoms with Crippen molar-refractivity contribution in [2.45, 2.75) is 38.9 Å². The topological polar surface area (TPSA) is 38.2 Å². The molecule has 1 aromatic heterocycles. The molecule has 0 atom stereocenters. The minimum atomic E-state index is 0.637. The summed E-state index contributed by atoms with van der Waals surface area (Å²) in [5.74, 6) is 0.953. The average molecular weight is 333 g/mol. The number of aromatic nitrogens is 2. The highest BCUT2D eigenvalue weighted by Gasteiger charge is 2.30. The fraction of sp³-hybridized carbons (Fsp3) is 0.333. The summed E-state index contributed by atoms with van der Waals surface area (Å²) in [5, 5.41) is 0. The molecule has 2 aromatic carbocycles. The van der Waals surface area contributed by atoms with Gasteiger partial charge in [0.25, 0.3) is 0 Å². The monoisotopic (exact) mass is 333 g/mol. The van der Waals surface area contributed by atoms with Crippen molar-refractivity contribution in [2.75, 3.05) is 7.11 Å². The highest BCUT2D eigenvalue weighted by Crippen LogP contribution is 2.32. The predicted octanol–water partition coefficient (Wildman–Crippen LogP) is 4.11. The van der Waals surface area contributed by atoms with Crippen LogP contribution in [0.5, 0.6) is 5.75 Å². The summed E-state index contributed by atoms with van der Waals surface area (Å²) in [5.41, 5.74) is 5.25. The highest BCUT2D eigenvalue weighted by molar-refractivity contribution is 5.74. The van der Waals surface area contributed by atoms with Crippen LogP contribution in [-0.2, 0) is 13.1 Å². The molecule has 0 bridgehead atoms. The maximum Gasteiger partial charge on any atom is 0.123 e. The molecular formula is C21H23N3O. The van der Waals surface area contributed by atoms with Crippen molar-refractivity contribution in [3.05, 3.63) is 65.5 Å². The molecule has 25 heavy (non-hydrogen) atoms. The quantitative estimate of drug-likeness (QED) is 0.680. The van der Waals surface area contributed by atoms with E-state index >= 15 is 0 Å². The summed E-state index contributed by atoms with van der Waals surface area (Å²) in [4.78, 5) is 12.1. The lowest BCUT2D eigenvalue weighted by Crippen LogP contribution is -2.26. The minimum absolute atomic E-state index is 0.637. The number of nitrogens with zero attached hydrogens (tertiary/aromatic N) is 3. The molecule has 1 saturated carbocycles. The van der Waals surface area contributed by atoms with E-state index in [9.17, 15) is 0 Å². The second-order valence-corrected chi connectivity index (χ2v) is 6.69. The van der Waals surface area contributed by atoms with Gasteiger partial charge in [0, 0.05) is 24.7 Å². The maximum absolute atomic E-state index is 5.52. The Balaban J connectivity index is 1.61. The molecule has 4 rings (SSSR count). The number of methoxy groups -OCH3 is 1. The Morgan fingerprint density at radius 3 is 2.36 bits per heavy atom. The Morgan fingerprint density at radius 2 is 1.64 bits per heavy atom. The van der Waals surface area contributed by atoms with Crippen LogP contribution in [0.3, 0.4) is 0 Å². The lowest BCUT2D eigenvalue weighted by atomic mass is 10.1. The summed E-state index contributed by atoms with van der Waals surface area (Å²) in [6.45, 7) is 3.76. The van der Waals surface area contributed by atoms with Crippen LogP contribution in [0, 0.1) is 6.92 Å². The molecule has 1 aliphatic rings. The van der Waals surface area contributed by atoms with Crippen molar-refractivity contribution < 1.29 is 4.74 Å². The molecule has 4 heteroatoms. The smallest absolute Gasteiger partial charge is 0.123 e. The second-order valence-electron chi connectivity index (χ2n) is 6.69. The standard InChI is InChI=1S/C21H23N3O/c1-15-20(23-19-9-5-4-8-18(19)22-15)14-24(17-11-12-17)13-16-7-3-6-10-21(16)25-2/h3-10,17H,11-14H2,1-2H3. The van der Waals surface area contributed by atoms with Crippen LogP contribution in [0.25, 0.3) is 11.0 Å². The summed E-state index contributed by atoms with van der Waals surface area (Å²) in [6, 6.07) is 17.0. The van der Waals surface area contributed by atoms with Gasteiger partial charge in [-0.3, -0.25) is 4.90 Å². The Morgan fingerprint density at radius 1 is 0.960 bits per heavy atom. The van der Waals surface area contributed by atoms with E-state index in [2.05, 4.69) is 24.0 Å². The molecule has 0 saturated heterocycles. The number of aryl methyl sites for hydroxylation is 1. The molecule has 3 aromatic rings. The zero-order valence-corrected chi connectivity index (χ0v) is 14.8. The van der Waals surface area contributed by atoms with Crippen molar-refractivity contribution in [2.24, 2.45) is 0 Å². The van der Waals surface area contributed by atoms with Crippen LogP contribution in [0.15, 0.2) is 48.5 Å². The third-order valence-corrected chi connectivity index (χ3v) is 4.83. The maximum atomic E-state index is 5.52. The minimum Gasteiger partial charge on any atom is -0.496 e. The van der Waals surface area contributed by atoms with Gasteiger partial charge in [-0.1, -0.05) is 30.3 Å². The van der Waals surface area contributed by atoms with E-state index < -0.39 is 0 Å². The fourth-order valence-corrected chi connectivity index (χ4v) is 3.27. The first-order valence-electron chi connectivity index (χ1n) is 8.83. The van der Waals surface area contributed by atoms with Gasteiger partial charge in [-0.15, -0.1) is 0 Å². The molecule has 0 radical (unpaired) electrons. The fourth-order valence-electron chi connectivity index (χ4n) is 3.27. The van der Waals surface area contributed by atoms with E-state index in [1.165, 1.54) is 18.4 Å². The first-order valence-corrected chi connectivity index (χ1v) is 8.83. The number of hydrogen-bond donors (Lipinski definition) is 0. The van der Waals surface area contributed by atoms with Gasteiger partial charge in [0.05, 0.1) is 29.5 Å². The predicted molar refractivity (Wildman–Crippen MR) is 99.5 cm³/mol. The SMILES string of the molecule is COc1ccccc1CN(Cc1nc2ccccc2nc1C)C1CC1. The summed E-state index contributed by atoms with van der Waals surface area (Å²) in [6.07, 6.45) is 2.52. The number of ether oxygens (including phenoxy) is 1. The van der Waals surface area contributed by atoms with E-state index in [1.807, 2.05) is 36.4 Å². The summed E-state index contributed by atoms with van der Waals surface area (Å²) < 4.78 is 5.52. The summed E-state index contributed by atoms with van der Waals surface area (Å²) in [7, 11) is 1.74. The second kappa shape index (κ2) is 6.81. The largest absolute Gasteiger partial charge is 0.496 e.